The van der Waals surface area contributed by atoms with E-state index in [9.17, 15) is 0 Å². The maximum absolute atomic E-state index is 6.04. The Hall–Kier alpha value is -2.07. The summed E-state index contributed by atoms with van der Waals surface area (Å²) in [5, 5.41) is 4.11. The molecule has 1 aromatic carbocycles. The number of aromatic nitrogens is 3. The summed E-state index contributed by atoms with van der Waals surface area (Å²) >= 11 is 6.04. The monoisotopic (exact) mass is 312 g/mol. The fourth-order valence-corrected chi connectivity index (χ4v) is 3.11. The van der Waals surface area contributed by atoms with Crippen LogP contribution in [0.4, 0.5) is 5.69 Å². The Kier molecular flexibility index (Phi) is 3.26. The molecule has 0 aliphatic carbocycles. The van der Waals surface area contributed by atoms with Crippen molar-refractivity contribution in [2.45, 2.75) is 25.7 Å². The molecular weight excluding hydrogens is 296 g/mol. The van der Waals surface area contributed by atoms with Gasteiger partial charge in [-0.2, -0.15) is 0 Å². The van der Waals surface area contributed by atoms with E-state index in [1.54, 1.807) is 0 Å². The van der Waals surface area contributed by atoms with Crippen molar-refractivity contribution in [3.63, 3.8) is 0 Å². The molecule has 1 aliphatic heterocycles. The van der Waals surface area contributed by atoms with E-state index in [0.29, 0.717) is 5.02 Å². The van der Waals surface area contributed by atoms with Crippen molar-refractivity contribution in [2.24, 2.45) is 0 Å². The van der Waals surface area contributed by atoms with Crippen LogP contribution in [0.2, 0.25) is 5.02 Å². The number of aromatic amines is 1. The molecule has 0 radical (unpaired) electrons. The lowest BCUT2D eigenvalue weighted by atomic mass is 10.0. The van der Waals surface area contributed by atoms with Crippen LogP contribution in [0.1, 0.15) is 36.5 Å². The molecule has 3 heterocycles. The number of anilines is 1. The Balaban J connectivity index is 1.71. The predicted molar refractivity (Wildman–Crippen MR) is 89.7 cm³/mol. The van der Waals surface area contributed by atoms with Gasteiger partial charge in [0.2, 0.25) is 0 Å². The van der Waals surface area contributed by atoms with Gasteiger partial charge in [0.1, 0.15) is 5.82 Å². The molecule has 4 nitrogen and oxygen atoms in total. The number of hydrogen-bond acceptors (Lipinski definition) is 3. The van der Waals surface area contributed by atoms with Gasteiger partial charge in [-0.3, -0.25) is 4.98 Å². The SMILES string of the molecule is CC(c1ccc2c(n1)CCCN2)c1nc2ccc(Cl)cc2[nH]1. The van der Waals surface area contributed by atoms with Crippen LogP contribution in [0.3, 0.4) is 0 Å². The molecule has 1 atom stereocenters. The van der Waals surface area contributed by atoms with Gasteiger partial charge in [-0.25, -0.2) is 4.98 Å². The fourth-order valence-electron chi connectivity index (χ4n) is 2.94. The molecule has 0 spiro atoms. The van der Waals surface area contributed by atoms with Crippen LogP contribution in [0.15, 0.2) is 30.3 Å². The van der Waals surface area contributed by atoms with Crippen LogP contribution in [0, 0.1) is 0 Å². The maximum Gasteiger partial charge on any atom is 0.116 e. The smallest absolute Gasteiger partial charge is 0.116 e. The van der Waals surface area contributed by atoms with Crippen LogP contribution < -0.4 is 5.32 Å². The lowest BCUT2D eigenvalue weighted by Crippen LogP contribution is -2.14. The predicted octanol–water partition coefficient (Wildman–Crippen LogP) is 4.12. The van der Waals surface area contributed by atoms with Crippen LogP contribution in [-0.2, 0) is 6.42 Å². The van der Waals surface area contributed by atoms with Gasteiger partial charge >= 0.3 is 0 Å². The largest absolute Gasteiger partial charge is 0.384 e. The van der Waals surface area contributed by atoms with Gasteiger partial charge in [0.15, 0.2) is 0 Å². The molecule has 2 N–H and O–H groups in total. The Bertz CT molecular complexity index is 840. The lowest BCUT2D eigenvalue weighted by molar-refractivity contribution is 0.759. The molecule has 0 bridgehead atoms. The summed E-state index contributed by atoms with van der Waals surface area (Å²) in [5.74, 6) is 1.05. The summed E-state index contributed by atoms with van der Waals surface area (Å²) in [6.45, 7) is 3.16. The summed E-state index contributed by atoms with van der Waals surface area (Å²) in [7, 11) is 0. The average Bonchev–Trinajstić information content (AvgIpc) is 2.96. The molecule has 1 unspecified atom stereocenters. The number of halogens is 1. The number of fused-ring (bicyclic) bond motifs is 2. The third-order valence-corrected chi connectivity index (χ3v) is 4.45. The van der Waals surface area contributed by atoms with Crippen molar-refractivity contribution in [2.75, 3.05) is 11.9 Å². The molecule has 22 heavy (non-hydrogen) atoms. The minimum absolute atomic E-state index is 0.124. The number of imidazole rings is 1. The van der Waals surface area contributed by atoms with E-state index in [1.807, 2.05) is 18.2 Å². The number of nitrogens with one attached hydrogen (secondary N) is 2. The number of H-pyrrole nitrogens is 1. The summed E-state index contributed by atoms with van der Waals surface area (Å²) in [5.41, 5.74) is 5.28. The van der Waals surface area contributed by atoms with Gasteiger partial charge in [-0.05, 0) is 50.1 Å². The zero-order valence-electron chi connectivity index (χ0n) is 12.4. The van der Waals surface area contributed by atoms with Gasteiger partial charge in [0.05, 0.1) is 34.0 Å². The second-order valence-corrected chi connectivity index (χ2v) is 6.20. The minimum atomic E-state index is 0.124. The van der Waals surface area contributed by atoms with Crippen molar-refractivity contribution >= 4 is 28.3 Å². The Morgan fingerprint density at radius 1 is 1.18 bits per heavy atom. The normalized spacial score (nSPS) is 15.4. The number of aryl methyl sites for hydroxylation is 1. The molecule has 1 aliphatic rings. The first-order chi connectivity index (χ1) is 10.7. The van der Waals surface area contributed by atoms with Crippen molar-refractivity contribution in [1.82, 2.24) is 15.0 Å². The third-order valence-electron chi connectivity index (χ3n) is 4.22. The van der Waals surface area contributed by atoms with E-state index >= 15 is 0 Å². The molecule has 2 aromatic heterocycles. The summed E-state index contributed by atoms with van der Waals surface area (Å²) in [6, 6.07) is 9.93. The van der Waals surface area contributed by atoms with Crippen molar-refractivity contribution in [1.29, 1.82) is 0 Å². The minimum Gasteiger partial charge on any atom is -0.384 e. The molecule has 5 heteroatoms. The molecule has 4 rings (SSSR count). The second-order valence-electron chi connectivity index (χ2n) is 5.77. The summed E-state index contributed by atoms with van der Waals surface area (Å²) in [4.78, 5) is 12.9. The quantitative estimate of drug-likeness (QED) is 0.748. The Morgan fingerprint density at radius 3 is 3.00 bits per heavy atom. The van der Waals surface area contributed by atoms with Crippen LogP contribution in [-0.4, -0.2) is 21.5 Å². The average molecular weight is 313 g/mol. The van der Waals surface area contributed by atoms with E-state index in [1.165, 1.54) is 5.69 Å². The first kappa shape index (κ1) is 13.6. The molecule has 112 valence electrons. The number of benzene rings is 1. The van der Waals surface area contributed by atoms with Crippen molar-refractivity contribution in [3.05, 3.63) is 52.6 Å². The highest BCUT2D eigenvalue weighted by atomic mass is 35.5. The van der Waals surface area contributed by atoms with Crippen molar-refractivity contribution < 1.29 is 0 Å². The lowest BCUT2D eigenvalue weighted by Gasteiger charge is -2.19. The van der Waals surface area contributed by atoms with Crippen LogP contribution in [0.5, 0.6) is 0 Å². The number of hydrogen-bond donors (Lipinski definition) is 2. The van der Waals surface area contributed by atoms with E-state index in [0.717, 1.165) is 47.6 Å². The first-order valence-electron chi connectivity index (χ1n) is 7.59. The summed E-state index contributed by atoms with van der Waals surface area (Å²) in [6.07, 6.45) is 2.18. The molecule has 0 saturated heterocycles. The zero-order valence-corrected chi connectivity index (χ0v) is 13.1. The molecule has 3 aromatic rings. The third kappa shape index (κ3) is 2.33. The van der Waals surface area contributed by atoms with Gasteiger partial charge < -0.3 is 10.3 Å². The van der Waals surface area contributed by atoms with Crippen LogP contribution in [0.25, 0.3) is 11.0 Å². The van der Waals surface area contributed by atoms with Gasteiger partial charge in [-0.15, -0.1) is 0 Å². The van der Waals surface area contributed by atoms with E-state index < -0.39 is 0 Å². The highest BCUT2D eigenvalue weighted by Crippen LogP contribution is 2.27. The fraction of sp³-hybridized carbons (Fsp3) is 0.294. The van der Waals surface area contributed by atoms with Gasteiger partial charge in [0.25, 0.3) is 0 Å². The van der Waals surface area contributed by atoms with Gasteiger partial charge in [-0.1, -0.05) is 11.6 Å². The number of nitrogens with zero attached hydrogens (tertiary/aromatic N) is 2. The standard InChI is InChI=1S/C17H17ClN4/c1-10(12-6-7-13-14(20-12)3-2-8-19-13)17-21-15-5-4-11(18)9-16(15)22-17/h4-7,9-10,19H,2-3,8H2,1H3,(H,21,22). The highest BCUT2D eigenvalue weighted by Gasteiger charge is 2.17. The second kappa shape index (κ2) is 5.29. The Morgan fingerprint density at radius 2 is 2.09 bits per heavy atom. The molecule has 0 saturated carbocycles. The number of pyridine rings is 1. The van der Waals surface area contributed by atoms with Gasteiger partial charge in [0, 0.05) is 11.6 Å². The highest BCUT2D eigenvalue weighted by molar-refractivity contribution is 6.31. The van der Waals surface area contributed by atoms with E-state index in [2.05, 4.69) is 34.3 Å². The molecular formula is C17H17ClN4. The van der Waals surface area contributed by atoms with E-state index in [4.69, 9.17) is 16.6 Å². The molecule has 0 amide bonds. The van der Waals surface area contributed by atoms with Crippen LogP contribution >= 0.6 is 11.6 Å². The Labute approximate surface area is 133 Å². The zero-order chi connectivity index (χ0) is 15.1. The first-order valence-corrected chi connectivity index (χ1v) is 7.97. The maximum atomic E-state index is 6.04. The molecule has 0 fully saturated rings. The summed E-state index contributed by atoms with van der Waals surface area (Å²) < 4.78 is 0. The number of rotatable bonds is 2. The van der Waals surface area contributed by atoms with E-state index in [-0.39, 0.29) is 5.92 Å². The topological polar surface area (TPSA) is 53.6 Å². The van der Waals surface area contributed by atoms with Crippen molar-refractivity contribution in [3.8, 4) is 0 Å².